The van der Waals surface area contributed by atoms with Crippen molar-refractivity contribution >= 4 is 11.8 Å². The molecule has 0 spiro atoms. The van der Waals surface area contributed by atoms with Crippen molar-refractivity contribution in [1.82, 2.24) is 14.9 Å². The molecule has 0 aliphatic carbocycles. The summed E-state index contributed by atoms with van der Waals surface area (Å²) in [5.41, 5.74) is 6.54. The second-order valence-corrected chi connectivity index (χ2v) is 5.18. The SMILES string of the molecule is Cc1cc(N2CC(O)CC2CN(C)C)nc(N)n1. The Balaban J connectivity index is 2.23. The Morgan fingerprint density at radius 2 is 2.22 bits per heavy atom. The number of anilines is 2. The molecule has 0 aromatic carbocycles. The van der Waals surface area contributed by atoms with Crippen LogP contribution in [0.1, 0.15) is 12.1 Å². The number of aliphatic hydroxyl groups excluding tert-OH is 1. The summed E-state index contributed by atoms with van der Waals surface area (Å²) in [6, 6.07) is 2.18. The third-order valence-electron chi connectivity index (χ3n) is 3.12. The molecular formula is C12H21N5O. The van der Waals surface area contributed by atoms with Gasteiger partial charge in [0.05, 0.1) is 6.10 Å². The molecule has 2 atom stereocenters. The molecule has 0 amide bonds. The average molecular weight is 251 g/mol. The maximum Gasteiger partial charge on any atom is 0.222 e. The van der Waals surface area contributed by atoms with E-state index in [1.807, 2.05) is 27.1 Å². The first-order chi connectivity index (χ1) is 8.45. The summed E-state index contributed by atoms with van der Waals surface area (Å²) in [5.74, 6) is 1.10. The minimum Gasteiger partial charge on any atom is -0.391 e. The average Bonchev–Trinajstić information content (AvgIpc) is 2.56. The largest absolute Gasteiger partial charge is 0.391 e. The Morgan fingerprint density at radius 3 is 2.83 bits per heavy atom. The van der Waals surface area contributed by atoms with Crippen molar-refractivity contribution in [2.75, 3.05) is 37.8 Å². The number of aliphatic hydroxyl groups is 1. The van der Waals surface area contributed by atoms with Crippen molar-refractivity contribution in [3.8, 4) is 0 Å². The number of nitrogens with zero attached hydrogens (tertiary/aromatic N) is 4. The molecule has 6 heteroatoms. The summed E-state index contributed by atoms with van der Waals surface area (Å²) in [4.78, 5) is 12.6. The topological polar surface area (TPSA) is 78.5 Å². The van der Waals surface area contributed by atoms with Crippen LogP contribution in [0.15, 0.2) is 6.07 Å². The van der Waals surface area contributed by atoms with Crippen molar-refractivity contribution in [1.29, 1.82) is 0 Å². The molecule has 18 heavy (non-hydrogen) atoms. The summed E-state index contributed by atoms with van der Waals surface area (Å²) in [6.07, 6.45) is 0.465. The van der Waals surface area contributed by atoms with E-state index in [0.29, 0.717) is 6.54 Å². The zero-order chi connectivity index (χ0) is 13.3. The number of aryl methyl sites for hydroxylation is 1. The van der Waals surface area contributed by atoms with Gasteiger partial charge in [0, 0.05) is 30.9 Å². The highest BCUT2D eigenvalue weighted by atomic mass is 16.3. The molecule has 1 aliphatic rings. The Bertz CT molecular complexity index is 403. The lowest BCUT2D eigenvalue weighted by atomic mass is 10.2. The first-order valence-electron chi connectivity index (χ1n) is 6.16. The van der Waals surface area contributed by atoms with Gasteiger partial charge in [-0.1, -0.05) is 0 Å². The van der Waals surface area contributed by atoms with Gasteiger partial charge in [0.1, 0.15) is 5.82 Å². The van der Waals surface area contributed by atoms with E-state index in [1.165, 1.54) is 0 Å². The van der Waals surface area contributed by atoms with E-state index in [1.54, 1.807) is 0 Å². The van der Waals surface area contributed by atoms with Crippen molar-refractivity contribution in [3.63, 3.8) is 0 Å². The van der Waals surface area contributed by atoms with Crippen molar-refractivity contribution < 1.29 is 5.11 Å². The molecule has 1 aromatic rings. The van der Waals surface area contributed by atoms with E-state index in [4.69, 9.17) is 5.73 Å². The predicted molar refractivity (Wildman–Crippen MR) is 71.5 cm³/mol. The fraction of sp³-hybridized carbons (Fsp3) is 0.667. The van der Waals surface area contributed by atoms with Gasteiger partial charge >= 0.3 is 0 Å². The molecule has 2 unspecified atom stereocenters. The van der Waals surface area contributed by atoms with E-state index in [9.17, 15) is 5.11 Å². The molecule has 0 radical (unpaired) electrons. The highest BCUT2D eigenvalue weighted by molar-refractivity contribution is 5.46. The van der Waals surface area contributed by atoms with Crippen LogP contribution >= 0.6 is 0 Å². The van der Waals surface area contributed by atoms with E-state index in [-0.39, 0.29) is 18.1 Å². The molecule has 100 valence electrons. The molecule has 1 fully saturated rings. The highest BCUT2D eigenvalue weighted by Crippen LogP contribution is 2.25. The number of β-amino-alcohol motifs (C(OH)–C–C–N with tert-alkyl or cyclic N) is 1. The number of nitrogen functional groups attached to an aromatic ring is 1. The van der Waals surface area contributed by atoms with Gasteiger partial charge in [-0.15, -0.1) is 0 Å². The molecule has 1 saturated heterocycles. The normalized spacial score (nSPS) is 23.9. The third-order valence-corrected chi connectivity index (χ3v) is 3.12. The standard InChI is InChI=1S/C12H21N5O/c1-8-4-11(15-12(13)14-8)17-7-10(18)5-9(17)6-16(2)3/h4,9-10,18H,5-7H2,1-3H3,(H2,13,14,15). The summed E-state index contributed by atoms with van der Waals surface area (Å²) in [7, 11) is 4.06. The fourth-order valence-electron chi connectivity index (χ4n) is 2.49. The lowest BCUT2D eigenvalue weighted by Gasteiger charge is -2.27. The van der Waals surface area contributed by atoms with E-state index < -0.39 is 0 Å². The first-order valence-corrected chi connectivity index (χ1v) is 6.16. The van der Waals surface area contributed by atoms with Gasteiger partial charge in [-0.2, -0.15) is 4.98 Å². The molecule has 3 N–H and O–H groups in total. The van der Waals surface area contributed by atoms with Gasteiger partial charge in [-0.05, 0) is 27.4 Å². The number of nitrogens with two attached hydrogens (primary N) is 1. The summed E-state index contributed by atoms with van der Waals surface area (Å²) in [6.45, 7) is 3.39. The minimum absolute atomic E-state index is 0.267. The van der Waals surface area contributed by atoms with Gasteiger partial charge in [-0.25, -0.2) is 4.98 Å². The van der Waals surface area contributed by atoms with E-state index in [0.717, 1.165) is 24.5 Å². The number of likely N-dealkylation sites (N-methyl/N-ethyl adjacent to an activating group) is 1. The van der Waals surface area contributed by atoms with Gasteiger partial charge < -0.3 is 20.6 Å². The van der Waals surface area contributed by atoms with Crippen LogP contribution in [0.25, 0.3) is 0 Å². The molecule has 0 bridgehead atoms. The quantitative estimate of drug-likeness (QED) is 0.779. The molecule has 6 nitrogen and oxygen atoms in total. The van der Waals surface area contributed by atoms with Crippen LogP contribution in [-0.4, -0.2) is 59.3 Å². The zero-order valence-corrected chi connectivity index (χ0v) is 11.2. The highest BCUT2D eigenvalue weighted by Gasteiger charge is 2.32. The maximum atomic E-state index is 9.85. The van der Waals surface area contributed by atoms with Crippen LogP contribution in [0.5, 0.6) is 0 Å². The fourth-order valence-corrected chi connectivity index (χ4v) is 2.49. The molecular weight excluding hydrogens is 230 g/mol. The first kappa shape index (κ1) is 13.0. The van der Waals surface area contributed by atoms with Crippen molar-refractivity contribution in [2.45, 2.75) is 25.5 Å². The monoisotopic (exact) mass is 251 g/mol. The lowest BCUT2D eigenvalue weighted by molar-refractivity contribution is 0.191. The minimum atomic E-state index is -0.300. The van der Waals surface area contributed by atoms with Crippen molar-refractivity contribution in [3.05, 3.63) is 11.8 Å². The van der Waals surface area contributed by atoms with Crippen LogP contribution in [0.2, 0.25) is 0 Å². The summed E-state index contributed by atoms with van der Waals surface area (Å²) in [5, 5.41) is 9.85. The maximum absolute atomic E-state index is 9.85. The van der Waals surface area contributed by atoms with Crippen LogP contribution in [0, 0.1) is 6.92 Å². The zero-order valence-electron chi connectivity index (χ0n) is 11.2. The Labute approximate surface area is 107 Å². The number of aromatic nitrogens is 2. The number of hydrogen-bond acceptors (Lipinski definition) is 6. The Kier molecular flexibility index (Phi) is 3.68. The second kappa shape index (κ2) is 5.07. The van der Waals surface area contributed by atoms with Gasteiger partial charge in [0.15, 0.2) is 0 Å². The van der Waals surface area contributed by atoms with E-state index in [2.05, 4.69) is 19.8 Å². The van der Waals surface area contributed by atoms with E-state index >= 15 is 0 Å². The number of hydrogen-bond donors (Lipinski definition) is 2. The second-order valence-electron chi connectivity index (χ2n) is 5.18. The summed E-state index contributed by atoms with van der Waals surface area (Å²) < 4.78 is 0. The van der Waals surface area contributed by atoms with Crippen LogP contribution in [0.4, 0.5) is 11.8 Å². The number of rotatable bonds is 3. The third kappa shape index (κ3) is 2.88. The predicted octanol–water partition coefficient (Wildman–Crippen LogP) is -0.132. The lowest BCUT2D eigenvalue weighted by Crippen LogP contribution is -2.38. The Hall–Kier alpha value is -1.40. The molecule has 2 rings (SSSR count). The molecule has 2 heterocycles. The van der Waals surface area contributed by atoms with Crippen LogP contribution in [0.3, 0.4) is 0 Å². The van der Waals surface area contributed by atoms with Gasteiger partial charge in [0.2, 0.25) is 5.95 Å². The van der Waals surface area contributed by atoms with Gasteiger partial charge in [-0.3, -0.25) is 0 Å². The van der Waals surface area contributed by atoms with Gasteiger partial charge in [0.25, 0.3) is 0 Å². The molecule has 0 saturated carbocycles. The smallest absolute Gasteiger partial charge is 0.222 e. The molecule has 1 aromatic heterocycles. The van der Waals surface area contributed by atoms with Crippen molar-refractivity contribution in [2.24, 2.45) is 0 Å². The summed E-state index contributed by atoms with van der Waals surface area (Å²) >= 11 is 0. The molecule has 1 aliphatic heterocycles. The van der Waals surface area contributed by atoms with Crippen LogP contribution in [-0.2, 0) is 0 Å². The Morgan fingerprint density at radius 1 is 1.50 bits per heavy atom. The van der Waals surface area contributed by atoms with Crippen LogP contribution < -0.4 is 10.6 Å².